The third kappa shape index (κ3) is 5.87. The molecule has 1 saturated heterocycles. The van der Waals surface area contributed by atoms with Crippen LogP contribution in [0.15, 0.2) is 83.7 Å². The number of halogens is 1. The fourth-order valence-electron chi connectivity index (χ4n) is 4.48. The fourth-order valence-corrected chi connectivity index (χ4v) is 5.44. The highest BCUT2D eigenvalue weighted by atomic mass is 32.1. The number of fused-ring (bicyclic) bond motifs is 1. The summed E-state index contributed by atoms with van der Waals surface area (Å²) in [5, 5.41) is 24.9. The molecule has 2 atom stereocenters. The van der Waals surface area contributed by atoms with Crippen molar-refractivity contribution < 1.29 is 19.0 Å². The molecule has 2 aliphatic rings. The maximum Gasteiger partial charge on any atom is 0.265 e. The number of amides is 1. The number of carbonyl (C=O) groups is 1. The Kier molecular flexibility index (Phi) is 7.51. The Labute approximate surface area is 233 Å². The molecular weight excluding hydrogens is 531 g/mol. The van der Waals surface area contributed by atoms with E-state index in [-0.39, 0.29) is 5.69 Å². The number of carbonyl (C=O) groups excluding carboxylic acids is 1. The number of allylic oxidation sites excluding steroid dienone is 1. The van der Waals surface area contributed by atoms with Gasteiger partial charge < -0.3 is 25.8 Å². The van der Waals surface area contributed by atoms with Gasteiger partial charge in [0.1, 0.15) is 11.6 Å². The SMILES string of the molecule is O=C(Nc1cc(C2=NNC(O)C(Nc3ccc(CN[C@@H]4CCOC4)cn3)=C2)ccc1F)c1cc2ccccc2s1. The molecule has 5 N–H and O–H groups in total. The first kappa shape index (κ1) is 26.1. The molecule has 4 aromatic rings. The molecule has 6 rings (SSSR count). The number of rotatable bonds is 8. The van der Waals surface area contributed by atoms with E-state index in [0.717, 1.165) is 35.3 Å². The summed E-state index contributed by atoms with van der Waals surface area (Å²) in [6.07, 6.45) is 3.35. The van der Waals surface area contributed by atoms with Crippen molar-refractivity contribution in [3.63, 3.8) is 0 Å². The van der Waals surface area contributed by atoms with Crippen LogP contribution < -0.4 is 21.4 Å². The first-order valence-corrected chi connectivity index (χ1v) is 13.7. The van der Waals surface area contributed by atoms with E-state index < -0.39 is 18.0 Å². The number of anilines is 2. The summed E-state index contributed by atoms with van der Waals surface area (Å²) in [5.74, 6) is -0.406. The Morgan fingerprint density at radius 1 is 1.18 bits per heavy atom. The minimum atomic E-state index is -1.08. The van der Waals surface area contributed by atoms with Crippen molar-refractivity contribution in [1.29, 1.82) is 0 Å². The van der Waals surface area contributed by atoms with E-state index in [1.807, 2.05) is 36.4 Å². The zero-order valence-electron chi connectivity index (χ0n) is 21.4. The number of aliphatic hydroxyl groups is 1. The lowest BCUT2D eigenvalue weighted by Gasteiger charge is -2.21. The van der Waals surface area contributed by atoms with Gasteiger partial charge in [-0.25, -0.2) is 9.37 Å². The lowest BCUT2D eigenvalue weighted by atomic mass is 10.1. The molecule has 4 heterocycles. The minimum absolute atomic E-state index is 0.0340. The van der Waals surface area contributed by atoms with Gasteiger partial charge in [0, 0.05) is 35.7 Å². The average Bonchev–Trinajstić information content (AvgIpc) is 3.65. The van der Waals surface area contributed by atoms with Crippen molar-refractivity contribution in [2.75, 3.05) is 23.8 Å². The van der Waals surface area contributed by atoms with Crippen LogP contribution in [0.2, 0.25) is 0 Å². The Morgan fingerprint density at radius 3 is 2.88 bits per heavy atom. The third-order valence-electron chi connectivity index (χ3n) is 6.68. The van der Waals surface area contributed by atoms with Crippen LogP contribution in [-0.4, -0.2) is 47.2 Å². The van der Waals surface area contributed by atoms with Crippen LogP contribution in [0.25, 0.3) is 10.1 Å². The second kappa shape index (κ2) is 11.5. The summed E-state index contributed by atoms with van der Waals surface area (Å²) in [4.78, 5) is 17.8. The second-order valence-electron chi connectivity index (χ2n) is 9.54. The van der Waals surface area contributed by atoms with Gasteiger partial charge in [0.15, 0.2) is 6.23 Å². The molecular formula is C29H27FN6O3S. The topological polar surface area (TPSA) is 120 Å². The van der Waals surface area contributed by atoms with Gasteiger partial charge in [0.2, 0.25) is 0 Å². The number of hydrogen-bond acceptors (Lipinski definition) is 9. The smallest absolute Gasteiger partial charge is 0.265 e. The van der Waals surface area contributed by atoms with Crippen LogP contribution in [-0.2, 0) is 11.3 Å². The monoisotopic (exact) mass is 558 g/mol. The molecule has 0 aliphatic carbocycles. The number of aliphatic hydroxyl groups excluding tert-OH is 1. The summed E-state index contributed by atoms with van der Waals surface area (Å²) >= 11 is 1.34. The highest BCUT2D eigenvalue weighted by Gasteiger charge is 2.20. The summed E-state index contributed by atoms with van der Waals surface area (Å²) in [5.41, 5.74) is 5.16. The number of ether oxygens (including phenoxy) is 1. The van der Waals surface area contributed by atoms with Gasteiger partial charge in [0.25, 0.3) is 5.91 Å². The molecule has 2 aromatic heterocycles. The lowest BCUT2D eigenvalue weighted by Crippen LogP contribution is -2.34. The zero-order chi connectivity index (χ0) is 27.5. The van der Waals surface area contributed by atoms with Crippen LogP contribution in [0.1, 0.15) is 27.2 Å². The summed E-state index contributed by atoms with van der Waals surface area (Å²) in [6.45, 7) is 2.21. The van der Waals surface area contributed by atoms with Gasteiger partial charge in [-0.1, -0.05) is 24.3 Å². The van der Waals surface area contributed by atoms with E-state index in [9.17, 15) is 14.3 Å². The van der Waals surface area contributed by atoms with Crippen molar-refractivity contribution in [2.24, 2.45) is 5.10 Å². The number of aromatic nitrogens is 1. The minimum Gasteiger partial charge on any atom is -0.380 e. The van der Waals surface area contributed by atoms with Crippen molar-refractivity contribution in [3.8, 4) is 0 Å². The van der Waals surface area contributed by atoms with Crippen molar-refractivity contribution in [3.05, 3.63) is 100 Å². The van der Waals surface area contributed by atoms with Gasteiger partial charge in [0.05, 0.1) is 28.6 Å². The average molecular weight is 559 g/mol. The molecule has 0 spiro atoms. The molecule has 0 saturated carbocycles. The van der Waals surface area contributed by atoms with Crippen LogP contribution in [0.5, 0.6) is 0 Å². The van der Waals surface area contributed by atoms with Crippen molar-refractivity contribution in [2.45, 2.75) is 25.2 Å². The number of hydrazone groups is 1. The Bertz CT molecular complexity index is 1560. The molecule has 204 valence electrons. The van der Waals surface area contributed by atoms with E-state index in [0.29, 0.717) is 40.3 Å². The van der Waals surface area contributed by atoms with E-state index in [1.165, 1.54) is 23.5 Å². The first-order valence-electron chi connectivity index (χ1n) is 12.9. The van der Waals surface area contributed by atoms with Crippen LogP contribution in [0.3, 0.4) is 0 Å². The second-order valence-corrected chi connectivity index (χ2v) is 10.6. The van der Waals surface area contributed by atoms with Gasteiger partial charge >= 0.3 is 0 Å². The Balaban J connectivity index is 1.14. The lowest BCUT2D eigenvalue weighted by molar-refractivity contribution is 0.103. The molecule has 11 heteroatoms. The summed E-state index contributed by atoms with van der Waals surface area (Å²) in [6, 6.07) is 18.0. The molecule has 0 radical (unpaired) electrons. The normalized spacial score (nSPS) is 18.6. The number of nitrogens with one attached hydrogen (secondary N) is 4. The van der Waals surface area contributed by atoms with E-state index in [1.54, 1.807) is 24.4 Å². The molecule has 1 amide bonds. The van der Waals surface area contributed by atoms with E-state index in [4.69, 9.17) is 4.74 Å². The van der Waals surface area contributed by atoms with Crippen LogP contribution in [0, 0.1) is 5.82 Å². The van der Waals surface area contributed by atoms with Gasteiger partial charge in [-0.3, -0.25) is 10.2 Å². The van der Waals surface area contributed by atoms with Crippen LogP contribution >= 0.6 is 11.3 Å². The van der Waals surface area contributed by atoms with E-state index in [2.05, 4.69) is 31.5 Å². The number of pyridine rings is 1. The Hall–Kier alpha value is -4.16. The molecule has 2 aromatic carbocycles. The standard InChI is InChI=1S/C29H27FN6O3S/c30-21-7-6-18(11-23(21)34-29(38)26-12-19-3-1-2-4-25(19)40-26)22-13-24(28(37)36-35-22)33-27-8-5-17(15-32-27)14-31-20-9-10-39-16-20/h1-8,11-13,15,20,28,31,36-37H,9-10,14,16H2,(H,32,33)(H,34,38)/t20-,28?/m1/s1. The Morgan fingerprint density at radius 2 is 2.08 bits per heavy atom. The van der Waals surface area contributed by atoms with E-state index >= 15 is 0 Å². The molecule has 0 bridgehead atoms. The highest BCUT2D eigenvalue weighted by Crippen LogP contribution is 2.27. The zero-order valence-corrected chi connectivity index (χ0v) is 22.2. The molecule has 9 nitrogen and oxygen atoms in total. The quantitative estimate of drug-likeness (QED) is 0.220. The van der Waals surface area contributed by atoms with Crippen LogP contribution in [0.4, 0.5) is 15.9 Å². The number of hydrogen-bond donors (Lipinski definition) is 5. The maximum absolute atomic E-state index is 14.7. The summed E-state index contributed by atoms with van der Waals surface area (Å²) < 4.78 is 21.0. The van der Waals surface area contributed by atoms with Gasteiger partial charge in [-0.15, -0.1) is 11.3 Å². The predicted octanol–water partition coefficient (Wildman–Crippen LogP) is 4.19. The molecule has 40 heavy (non-hydrogen) atoms. The first-order chi connectivity index (χ1) is 19.5. The van der Waals surface area contributed by atoms with Crippen molar-refractivity contribution >= 4 is 44.5 Å². The predicted molar refractivity (Wildman–Crippen MR) is 154 cm³/mol. The van der Waals surface area contributed by atoms with Gasteiger partial charge in [-0.2, -0.15) is 5.10 Å². The molecule has 1 unspecified atom stereocenters. The number of benzene rings is 2. The number of nitrogens with zero attached hydrogens (tertiary/aromatic N) is 2. The van der Waals surface area contributed by atoms with Gasteiger partial charge in [-0.05, 0) is 59.8 Å². The molecule has 2 aliphatic heterocycles. The maximum atomic E-state index is 14.7. The largest absolute Gasteiger partial charge is 0.380 e. The highest BCUT2D eigenvalue weighted by molar-refractivity contribution is 7.20. The number of thiophene rings is 1. The third-order valence-corrected chi connectivity index (χ3v) is 7.79. The summed E-state index contributed by atoms with van der Waals surface area (Å²) in [7, 11) is 0. The molecule has 1 fully saturated rings. The van der Waals surface area contributed by atoms with Crippen molar-refractivity contribution in [1.82, 2.24) is 15.7 Å². The fraction of sp³-hybridized carbons (Fsp3) is 0.207.